The predicted molar refractivity (Wildman–Crippen MR) is 96.3 cm³/mol. The van der Waals surface area contributed by atoms with Crippen LogP contribution in [0.15, 0.2) is 41.3 Å². The number of rotatable bonds is 5. The Hall–Kier alpha value is -1.45. The van der Waals surface area contributed by atoms with Gasteiger partial charge in [0.2, 0.25) is 0 Å². The van der Waals surface area contributed by atoms with E-state index in [9.17, 15) is 21.6 Å². The lowest BCUT2D eigenvalue weighted by atomic mass is 10.1. The molecule has 0 N–H and O–H groups in total. The lowest BCUT2D eigenvalue weighted by Crippen LogP contribution is -2.19. The van der Waals surface area contributed by atoms with Crippen LogP contribution in [0.25, 0.3) is 10.8 Å². The lowest BCUT2D eigenvalue weighted by Gasteiger charge is -2.35. The smallest absolute Gasteiger partial charge is 0.422 e. The van der Waals surface area contributed by atoms with Gasteiger partial charge in [0.15, 0.2) is 6.61 Å². The number of hydrogen-bond acceptors (Lipinski definition) is 4. The normalized spacial score (nSPS) is 18.8. The molecule has 1 aliphatic rings. The van der Waals surface area contributed by atoms with Crippen molar-refractivity contribution < 1.29 is 30.0 Å². The maximum Gasteiger partial charge on any atom is 0.422 e. The molecular formula is C17H19F3O4S2. The maximum atomic E-state index is 12.5. The van der Waals surface area contributed by atoms with Gasteiger partial charge in [-0.2, -0.15) is 21.6 Å². The van der Waals surface area contributed by atoms with Gasteiger partial charge in [-0.05, 0) is 30.4 Å². The van der Waals surface area contributed by atoms with Crippen molar-refractivity contribution in [3.63, 3.8) is 0 Å². The zero-order valence-corrected chi connectivity index (χ0v) is 15.7. The van der Waals surface area contributed by atoms with Gasteiger partial charge >= 0.3 is 6.18 Å². The van der Waals surface area contributed by atoms with Crippen LogP contribution >= 0.6 is 10.3 Å². The quantitative estimate of drug-likeness (QED) is 0.724. The van der Waals surface area contributed by atoms with Crippen molar-refractivity contribution in [3.05, 3.63) is 36.4 Å². The Bertz CT molecular complexity index is 904. The third kappa shape index (κ3) is 4.27. The minimum atomic E-state index is -4.43. The van der Waals surface area contributed by atoms with Crippen molar-refractivity contribution >= 4 is 31.2 Å². The molecule has 1 saturated heterocycles. The van der Waals surface area contributed by atoms with E-state index in [0.717, 1.165) is 24.0 Å². The Morgan fingerprint density at radius 2 is 1.65 bits per heavy atom. The molecule has 0 spiro atoms. The summed E-state index contributed by atoms with van der Waals surface area (Å²) in [6, 6.07) is 10.0. The van der Waals surface area contributed by atoms with Crippen LogP contribution in [0.2, 0.25) is 0 Å². The summed E-state index contributed by atoms with van der Waals surface area (Å²) in [6.45, 7) is -1.38. The van der Waals surface area contributed by atoms with E-state index in [1.54, 1.807) is 30.3 Å². The van der Waals surface area contributed by atoms with Gasteiger partial charge in [0.25, 0.3) is 10.1 Å². The van der Waals surface area contributed by atoms with E-state index in [1.165, 1.54) is 6.07 Å². The molecular weight excluding hydrogens is 389 g/mol. The highest BCUT2D eigenvalue weighted by Gasteiger charge is 2.37. The molecule has 9 heteroatoms. The summed E-state index contributed by atoms with van der Waals surface area (Å²) in [5.41, 5.74) is 0. The first-order chi connectivity index (χ1) is 12.1. The Kier molecular flexibility index (Phi) is 5.15. The van der Waals surface area contributed by atoms with E-state index in [1.807, 2.05) is 0 Å². The Morgan fingerprint density at radius 1 is 1.04 bits per heavy atom. The molecule has 2 aromatic carbocycles. The van der Waals surface area contributed by atoms with Gasteiger partial charge < -0.3 is 4.74 Å². The first-order valence-corrected chi connectivity index (χ1v) is 11.7. The molecule has 2 aromatic rings. The van der Waals surface area contributed by atoms with Gasteiger partial charge in [0, 0.05) is 21.8 Å². The molecule has 0 radical (unpaired) electrons. The summed E-state index contributed by atoms with van der Waals surface area (Å²) in [4.78, 5) is 0.746. The molecule has 144 valence electrons. The average molecular weight is 408 g/mol. The van der Waals surface area contributed by atoms with E-state index >= 15 is 0 Å². The van der Waals surface area contributed by atoms with E-state index in [0.29, 0.717) is 22.3 Å². The summed E-state index contributed by atoms with van der Waals surface area (Å²) in [7, 11) is -5.72. The molecule has 0 atom stereocenters. The van der Waals surface area contributed by atoms with Crippen LogP contribution in [0.1, 0.15) is 12.8 Å². The lowest BCUT2D eigenvalue weighted by molar-refractivity contribution is -0.153. The van der Waals surface area contributed by atoms with Crippen LogP contribution in [0.4, 0.5) is 13.2 Å². The highest BCUT2D eigenvalue weighted by Crippen LogP contribution is 2.64. The highest BCUT2D eigenvalue weighted by atomic mass is 32.3. The Labute approximate surface area is 151 Å². The second-order valence-corrected chi connectivity index (χ2v) is 11.0. The van der Waals surface area contributed by atoms with Gasteiger partial charge in [-0.3, -0.25) is 0 Å². The monoisotopic (exact) mass is 408 g/mol. The van der Waals surface area contributed by atoms with E-state index in [2.05, 4.69) is 0 Å². The fourth-order valence-electron chi connectivity index (χ4n) is 3.19. The first kappa shape index (κ1) is 19.3. The molecule has 0 saturated carbocycles. The number of ether oxygens (including phenoxy) is 1. The van der Waals surface area contributed by atoms with Crippen LogP contribution in [0, 0.1) is 0 Å². The van der Waals surface area contributed by atoms with E-state index in [-0.39, 0.29) is 5.75 Å². The maximum absolute atomic E-state index is 12.5. The van der Waals surface area contributed by atoms with Crippen molar-refractivity contribution in [2.45, 2.75) is 23.9 Å². The molecule has 0 amide bonds. The largest absolute Gasteiger partial charge is 0.483 e. The van der Waals surface area contributed by atoms with Crippen LogP contribution in [0.5, 0.6) is 5.75 Å². The number of hydrogen-bond donors (Lipinski definition) is 0. The molecule has 3 rings (SSSR count). The Balaban J connectivity index is 2.10. The standard InChI is InChI=1S/C17H19F3O4S2/c1-25(21,22)24-26(10-4-5-11-26)16-9-8-15(23-12-17(18,19)20)13-6-2-3-7-14(13)16/h2-3,6-9H,4-5,10-12H2,1H3. The van der Waals surface area contributed by atoms with Crippen LogP contribution in [0.3, 0.4) is 0 Å². The second kappa shape index (κ2) is 6.94. The molecule has 0 bridgehead atoms. The Morgan fingerprint density at radius 3 is 2.23 bits per heavy atom. The fourth-order valence-corrected chi connectivity index (χ4v) is 8.80. The minimum absolute atomic E-state index is 0.119. The molecule has 0 aliphatic carbocycles. The van der Waals surface area contributed by atoms with Gasteiger partial charge in [0.1, 0.15) is 5.75 Å². The molecule has 4 nitrogen and oxygen atoms in total. The van der Waals surface area contributed by atoms with E-state index in [4.69, 9.17) is 8.37 Å². The predicted octanol–water partition coefficient (Wildman–Crippen LogP) is 4.63. The van der Waals surface area contributed by atoms with Gasteiger partial charge in [-0.1, -0.05) is 34.6 Å². The molecule has 1 heterocycles. The SMILES string of the molecule is CS(=O)(=O)OS1(c2ccc(OCC(F)(F)F)c3ccccc23)CCCC1. The third-order valence-corrected chi connectivity index (χ3v) is 9.17. The number of benzene rings is 2. The molecule has 26 heavy (non-hydrogen) atoms. The van der Waals surface area contributed by atoms with Gasteiger partial charge in [-0.25, -0.2) is 3.63 Å². The summed E-state index contributed by atoms with van der Waals surface area (Å²) in [5, 5.41) is 1.19. The zero-order valence-electron chi connectivity index (χ0n) is 14.1. The molecule has 1 fully saturated rings. The zero-order chi connectivity index (χ0) is 19.0. The summed E-state index contributed by atoms with van der Waals surface area (Å²) in [6.07, 6.45) is -1.70. The van der Waals surface area contributed by atoms with Crippen molar-refractivity contribution in [3.8, 4) is 5.75 Å². The third-order valence-electron chi connectivity index (χ3n) is 4.09. The second-order valence-electron chi connectivity index (χ2n) is 6.21. The van der Waals surface area contributed by atoms with Gasteiger partial charge in [-0.15, -0.1) is 0 Å². The van der Waals surface area contributed by atoms with Crippen LogP contribution in [-0.2, 0) is 13.7 Å². The summed E-state index contributed by atoms with van der Waals surface area (Å²) < 4.78 is 71.7. The number of fused-ring (bicyclic) bond motifs is 1. The van der Waals surface area contributed by atoms with Gasteiger partial charge in [0.05, 0.1) is 6.26 Å². The van der Waals surface area contributed by atoms with E-state index < -0.39 is 33.2 Å². The highest BCUT2D eigenvalue weighted by molar-refractivity contribution is 8.33. The molecule has 0 unspecified atom stereocenters. The topological polar surface area (TPSA) is 52.6 Å². The van der Waals surface area contributed by atoms with Crippen molar-refractivity contribution in [2.24, 2.45) is 0 Å². The van der Waals surface area contributed by atoms with Crippen LogP contribution < -0.4 is 4.74 Å². The first-order valence-electron chi connectivity index (χ1n) is 8.01. The molecule has 1 aliphatic heterocycles. The summed E-state index contributed by atoms with van der Waals surface area (Å²) >= 11 is 0. The number of halogens is 3. The van der Waals surface area contributed by atoms with Crippen molar-refractivity contribution in [1.82, 2.24) is 0 Å². The van der Waals surface area contributed by atoms with Crippen molar-refractivity contribution in [2.75, 3.05) is 24.4 Å². The van der Waals surface area contributed by atoms with Crippen LogP contribution in [-0.4, -0.2) is 39.0 Å². The summed E-state index contributed by atoms with van der Waals surface area (Å²) in [5.74, 6) is 1.35. The fraction of sp³-hybridized carbons (Fsp3) is 0.412. The number of alkyl halides is 3. The minimum Gasteiger partial charge on any atom is -0.483 e. The molecule has 0 aromatic heterocycles. The average Bonchev–Trinajstić information content (AvgIpc) is 2.99. The van der Waals surface area contributed by atoms with Crippen molar-refractivity contribution in [1.29, 1.82) is 0 Å².